The number of hydrogen-bond acceptors (Lipinski definition) is 3. The van der Waals surface area contributed by atoms with Gasteiger partial charge in [-0.2, -0.15) is 0 Å². The van der Waals surface area contributed by atoms with Gasteiger partial charge in [-0.15, -0.1) is 11.3 Å². The van der Waals surface area contributed by atoms with Crippen LogP contribution in [0, 0.1) is 0 Å². The van der Waals surface area contributed by atoms with E-state index in [0.29, 0.717) is 0 Å². The summed E-state index contributed by atoms with van der Waals surface area (Å²) in [6.07, 6.45) is 0.288. The van der Waals surface area contributed by atoms with Gasteiger partial charge in [0.1, 0.15) is 0 Å². The second kappa shape index (κ2) is 5.27. The van der Waals surface area contributed by atoms with E-state index in [0.717, 1.165) is 5.56 Å². The molecule has 0 saturated heterocycles. The Labute approximate surface area is 106 Å². The number of carbonyl (C=O) groups is 1. The van der Waals surface area contributed by atoms with Gasteiger partial charge in [0.2, 0.25) is 0 Å². The Morgan fingerprint density at radius 2 is 2.00 bits per heavy atom. The summed E-state index contributed by atoms with van der Waals surface area (Å²) in [4.78, 5) is 12.3. The monoisotopic (exact) mass is 296 g/mol. The van der Waals surface area contributed by atoms with Gasteiger partial charge in [-0.25, -0.2) is 0 Å². The average molecular weight is 297 g/mol. The van der Waals surface area contributed by atoms with Crippen LogP contribution in [-0.2, 0) is 15.0 Å². The first kappa shape index (κ1) is 11.4. The number of halogens is 1. The summed E-state index contributed by atoms with van der Waals surface area (Å²) in [5.74, 6) is -0.288. The fourth-order valence-corrected chi connectivity index (χ4v) is 2.27. The molecular weight excluding hydrogens is 288 g/mol. The number of hydrogen-bond donors (Lipinski definition) is 0. The molecule has 0 aliphatic heterocycles. The minimum absolute atomic E-state index is 0.288. The molecule has 1 aromatic heterocycles. The van der Waals surface area contributed by atoms with E-state index >= 15 is 0 Å². The smallest absolute Gasteiger partial charge is 0.321 e. The van der Waals surface area contributed by atoms with Crippen LogP contribution < -0.4 is 0 Å². The summed E-state index contributed by atoms with van der Waals surface area (Å²) in [5, 5.41) is 2.05. The zero-order valence-electron chi connectivity index (χ0n) is 8.35. The van der Waals surface area contributed by atoms with Crippen LogP contribution in [0.15, 0.2) is 41.8 Å². The van der Waals surface area contributed by atoms with E-state index in [9.17, 15) is 4.79 Å². The van der Waals surface area contributed by atoms with Crippen molar-refractivity contribution < 1.29 is 8.62 Å². The zero-order valence-corrected chi connectivity index (χ0v) is 10.8. The summed E-state index contributed by atoms with van der Waals surface area (Å²) < 4.78 is 4.43. The minimum atomic E-state index is -0.288. The average Bonchev–Trinajstić information content (AvgIpc) is 2.83. The molecule has 2 aromatic rings. The molecule has 0 bridgehead atoms. The van der Waals surface area contributed by atoms with Gasteiger partial charge >= 0.3 is 5.97 Å². The van der Waals surface area contributed by atoms with Crippen molar-refractivity contribution in [1.82, 2.24) is 0 Å². The Kier molecular flexibility index (Phi) is 3.74. The van der Waals surface area contributed by atoms with Crippen LogP contribution >= 0.6 is 27.6 Å². The maximum Gasteiger partial charge on any atom is 0.321 e. The summed E-state index contributed by atoms with van der Waals surface area (Å²) >= 11 is 4.37. The molecule has 0 N–H and O–H groups in total. The van der Waals surface area contributed by atoms with Crippen molar-refractivity contribution in [2.24, 2.45) is 0 Å². The molecule has 0 atom stereocenters. The standard InChI is InChI=1S/C12H9BrO2S/c13-15-12(14)8-9-3-5-10(6-4-9)11-2-1-7-16-11/h1-7H,8H2. The number of thiophene rings is 1. The van der Waals surface area contributed by atoms with E-state index in [2.05, 4.69) is 26.2 Å². The molecule has 1 aromatic carbocycles. The van der Waals surface area contributed by atoms with Gasteiger partial charge in [0, 0.05) is 4.88 Å². The Balaban J connectivity index is 2.14. The maximum atomic E-state index is 11.0. The Bertz CT molecular complexity index is 462. The number of rotatable bonds is 3. The molecule has 0 aliphatic rings. The molecule has 4 heteroatoms. The molecule has 82 valence electrons. The Hall–Kier alpha value is -1.13. The molecule has 2 rings (SSSR count). The van der Waals surface area contributed by atoms with Gasteiger partial charge in [-0.05, 0) is 22.6 Å². The summed E-state index contributed by atoms with van der Waals surface area (Å²) in [5.41, 5.74) is 2.12. The van der Waals surface area contributed by atoms with Crippen LogP contribution in [0.25, 0.3) is 10.4 Å². The van der Waals surface area contributed by atoms with Gasteiger partial charge in [0.25, 0.3) is 0 Å². The van der Waals surface area contributed by atoms with E-state index in [1.54, 1.807) is 11.3 Å². The van der Waals surface area contributed by atoms with Crippen molar-refractivity contribution in [3.05, 3.63) is 47.3 Å². The van der Waals surface area contributed by atoms with Crippen molar-refractivity contribution in [2.75, 3.05) is 0 Å². The molecule has 0 unspecified atom stereocenters. The number of carbonyl (C=O) groups excluding carboxylic acids is 1. The predicted molar refractivity (Wildman–Crippen MR) is 68.5 cm³/mol. The van der Waals surface area contributed by atoms with Gasteiger partial charge in [-0.1, -0.05) is 30.3 Å². The van der Waals surface area contributed by atoms with Crippen molar-refractivity contribution in [3.8, 4) is 10.4 Å². The largest absolute Gasteiger partial charge is 0.383 e. The molecule has 0 fully saturated rings. The van der Waals surface area contributed by atoms with Crippen molar-refractivity contribution >= 4 is 33.6 Å². The lowest BCUT2D eigenvalue weighted by Crippen LogP contribution is -2.00. The fraction of sp³-hybridized carbons (Fsp3) is 0.0833. The summed E-state index contributed by atoms with van der Waals surface area (Å²) in [6, 6.07) is 12.0. The molecule has 16 heavy (non-hydrogen) atoms. The van der Waals surface area contributed by atoms with E-state index in [4.69, 9.17) is 0 Å². The number of benzene rings is 1. The normalized spacial score (nSPS) is 10.1. The Morgan fingerprint density at radius 1 is 1.25 bits per heavy atom. The van der Waals surface area contributed by atoms with E-state index in [-0.39, 0.29) is 12.4 Å². The topological polar surface area (TPSA) is 26.3 Å². The summed E-state index contributed by atoms with van der Waals surface area (Å²) in [7, 11) is 0. The Morgan fingerprint density at radius 3 is 2.56 bits per heavy atom. The van der Waals surface area contributed by atoms with E-state index in [1.807, 2.05) is 35.7 Å². The second-order valence-corrected chi connectivity index (χ2v) is 4.57. The van der Waals surface area contributed by atoms with Gasteiger partial charge in [0.05, 0.1) is 6.42 Å². The first-order chi connectivity index (χ1) is 7.79. The zero-order chi connectivity index (χ0) is 11.4. The molecule has 1 heterocycles. The van der Waals surface area contributed by atoms with Crippen LogP contribution in [0.2, 0.25) is 0 Å². The molecule has 0 radical (unpaired) electrons. The summed E-state index contributed by atoms with van der Waals surface area (Å²) in [6.45, 7) is 0. The second-order valence-electron chi connectivity index (χ2n) is 3.30. The SMILES string of the molecule is O=C(Cc1ccc(-c2cccs2)cc1)OBr. The van der Waals surface area contributed by atoms with Crippen LogP contribution in [0.4, 0.5) is 0 Å². The van der Waals surface area contributed by atoms with Crippen LogP contribution in [0.1, 0.15) is 5.56 Å². The molecule has 0 spiro atoms. The lowest BCUT2D eigenvalue weighted by Gasteiger charge is -2.00. The lowest BCUT2D eigenvalue weighted by molar-refractivity contribution is -0.131. The third-order valence-electron chi connectivity index (χ3n) is 2.19. The van der Waals surface area contributed by atoms with Gasteiger partial charge in [-0.3, -0.25) is 4.79 Å². The van der Waals surface area contributed by atoms with Crippen LogP contribution in [0.3, 0.4) is 0 Å². The highest BCUT2D eigenvalue weighted by molar-refractivity contribution is 9.06. The highest BCUT2D eigenvalue weighted by atomic mass is 79.9. The van der Waals surface area contributed by atoms with Crippen molar-refractivity contribution in [3.63, 3.8) is 0 Å². The molecular formula is C12H9BrO2S. The fourth-order valence-electron chi connectivity index (χ4n) is 1.42. The third-order valence-corrected chi connectivity index (χ3v) is 3.47. The highest BCUT2D eigenvalue weighted by Crippen LogP contribution is 2.24. The molecule has 0 aliphatic carbocycles. The third kappa shape index (κ3) is 2.71. The first-order valence-corrected chi connectivity index (χ1v) is 6.26. The molecule has 0 saturated carbocycles. The van der Waals surface area contributed by atoms with E-state index < -0.39 is 0 Å². The van der Waals surface area contributed by atoms with E-state index in [1.165, 1.54) is 10.4 Å². The van der Waals surface area contributed by atoms with Crippen molar-refractivity contribution in [1.29, 1.82) is 0 Å². The van der Waals surface area contributed by atoms with Gasteiger partial charge in [0.15, 0.2) is 16.3 Å². The molecule has 0 amide bonds. The first-order valence-electron chi connectivity index (χ1n) is 4.74. The minimum Gasteiger partial charge on any atom is -0.383 e. The molecule has 2 nitrogen and oxygen atoms in total. The van der Waals surface area contributed by atoms with Gasteiger partial charge < -0.3 is 3.83 Å². The predicted octanol–water partition coefficient (Wildman–Crippen LogP) is 3.81. The lowest BCUT2D eigenvalue weighted by atomic mass is 10.1. The van der Waals surface area contributed by atoms with Crippen molar-refractivity contribution in [2.45, 2.75) is 6.42 Å². The maximum absolute atomic E-state index is 11.0. The van der Waals surface area contributed by atoms with Crippen LogP contribution in [0.5, 0.6) is 0 Å². The quantitative estimate of drug-likeness (QED) is 0.861. The van der Waals surface area contributed by atoms with Crippen LogP contribution in [-0.4, -0.2) is 5.97 Å². The highest BCUT2D eigenvalue weighted by Gasteiger charge is 2.04.